The van der Waals surface area contributed by atoms with Crippen LogP contribution >= 0.6 is 0 Å². The molecule has 3 atom stereocenters. The van der Waals surface area contributed by atoms with Gasteiger partial charge in [0.05, 0.1) is 0 Å². The molecule has 10 heteroatoms. The average molecular weight is 609 g/mol. The van der Waals surface area contributed by atoms with Crippen molar-refractivity contribution >= 4 is 5.97 Å². The molecule has 2 aliphatic heterocycles. The molecule has 2 aromatic rings. The fourth-order valence-electron chi connectivity index (χ4n) is 7.00. The van der Waals surface area contributed by atoms with Crippen LogP contribution in [0.15, 0.2) is 48.5 Å². The molecular weight excluding hydrogens is 567 g/mol. The van der Waals surface area contributed by atoms with Crippen LogP contribution in [0.1, 0.15) is 61.1 Å². The Morgan fingerprint density at radius 2 is 1.67 bits per heavy atom. The lowest BCUT2D eigenvalue weighted by atomic mass is 9.86. The van der Waals surface area contributed by atoms with Crippen LogP contribution in [0, 0.1) is 24.7 Å². The first-order chi connectivity index (χ1) is 20.3. The standard InChI is InChI=1S/C33H41F5N2O3/c1-22-3-2-4-26(15-22)29-21-40(30(31(41)42)16-23-5-6-23)20-27(29)19-39-13-11-25(12-14-39)18-32(34,35)17-24-7-9-28(10-8-24)43-33(36,37)38/h2-4,7-10,15,23,25,27,29-30H,5-6,11-14,16-21H2,1H3,(H,41,42)/t27-,29+,30+/m0/s1. The average Bonchev–Trinajstić information content (AvgIpc) is 3.66. The minimum absolute atomic E-state index is 0.137. The fourth-order valence-corrected chi connectivity index (χ4v) is 7.00. The second kappa shape index (κ2) is 13.1. The van der Waals surface area contributed by atoms with Gasteiger partial charge in [0.25, 0.3) is 5.92 Å². The first-order valence-electron chi connectivity index (χ1n) is 15.3. The van der Waals surface area contributed by atoms with Crippen LogP contribution in [0.25, 0.3) is 0 Å². The van der Waals surface area contributed by atoms with Gasteiger partial charge in [0.2, 0.25) is 0 Å². The Bertz CT molecular complexity index is 1230. The topological polar surface area (TPSA) is 53.0 Å². The van der Waals surface area contributed by atoms with E-state index in [9.17, 15) is 31.9 Å². The third-order valence-corrected chi connectivity index (χ3v) is 9.33. The molecule has 2 heterocycles. The molecule has 0 bridgehead atoms. The van der Waals surface area contributed by atoms with E-state index in [1.165, 1.54) is 23.3 Å². The second-order valence-electron chi connectivity index (χ2n) is 12.9. The van der Waals surface area contributed by atoms with Gasteiger partial charge in [0.1, 0.15) is 11.8 Å². The molecule has 0 unspecified atom stereocenters. The van der Waals surface area contributed by atoms with Crippen LogP contribution in [0.2, 0.25) is 0 Å². The van der Waals surface area contributed by atoms with Gasteiger partial charge in [-0.2, -0.15) is 0 Å². The predicted molar refractivity (Wildman–Crippen MR) is 153 cm³/mol. The zero-order valence-electron chi connectivity index (χ0n) is 24.5. The summed E-state index contributed by atoms with van der Waals surface area (Å²) < 4.78 is 70.9. The third-order valence-electron chi connectivity index (χ3n) is 9.33. The van der Waals surface area contributed by atoms with Crippen molar-refractivity contribution in [1.29, 1.82) is 0 Å². The van der Waals surface area contributed by atoms with E-state index in [-0.39, 0.29) is 29.7 Å². The maximum absolute atomic E-state index is 15.0. The summed E-state index contributed by atoms with van der Waals surface area (Å²) in [6.07, 6.45) is -1.38. The van der Waals surface area contributed by atoms with Crippen LogP contribution in [0.5, 0.6) is 5.75 Å². The van der Waals surface area contributed by atoms with Gasteiger partial charge >= 0.3 is 12.3 Å². The first-order valence-corrected chi connectivity index (χ1v) is 15.3. The Kier molecular flexibility index (Phi) is 9.66. The van der Waals surface area contributed by atoms with E-state index in [1.807, 2.05) is 0 Å². The minimum atomic E-state index is -4.82. The molecule has 1 N–H and O–H groups in total. The van der Waals surface area contributed by atoms with Crippen molar-refractivity contribution < 1.29 is 36.6 Å². The molecule has 0 aromatic heterocycles. The Balaban J connectivity index is 1.16. The number of halogens is 5. The summed E-state index contributed by atoms with van der Waals surface area (Å²) in [6, 6.07) is 12.6. The Morgan fingerprint density at radius 3 is 2.28 bits per heavy atom. The normalized spacial score (nSPS) is 23.4. The molecule has 3 aliphatic rings. The monoisotopic (exact) mass is 608 g/mol. The number of aryl methyl sites for hydroxylation is 1. The summed E-state index contributed by atoms with van der Waals surface area (Å²) in [7, 11) is 0. The van der Waals surface area contributed by atoms with Crippen molar-refractivity contribution in [1.82, 2.24) is 9.80 Å². The largest absolute Gasteiger partial charge is 0.573 e. The van der Waals surface area contributed by atoms with Gasteiger partial charge in [-0.1, -0.05) is 54.8 Å². The lowest BCUT2D eigenvalue weighted by molar-refractivity contribution is -0.274. The number of alkyl halides is 5. The van der Waals surface area contributed by atoms with E-state index in [2.05, 4.69) is 45.7 Å². The summed E-state index contributed by atoms with van der Waals surface area (Å²) in [5.74, 6) is -3.29. The molecule has 0 spiro atoms. The number of aliphatic carboxylic acids is 1. The lowest BCUT2D eigenvalue weighted by Gasteiger charge is -2.36. The highest BCUT2D eigenvalue weighted by Crippen LogP contribution is 2.40. The number of nitrogens with zero attached hydrogens (tertiary/aromatic N) is 2. The van der Waals surface area contributed by atoms with Gasteiger partial charge in [-0.15, -0.1) is 13.2 Å². The van der Waals surface area contributed by atoms with Crippen LogP contribution in [-0.4, -0.2) is 71.9 Å². The van der Waals surface area contributed by atoms with Gasteiger partial charge in [-0.25, -0.2) is 8.78 Å². The minimum Gasteiger partial charge on any atom is -0.480 e. The van der Waals surface area contributed by atoms with Gasteiger partial charge in [0.15, 0.2) is 0 Å². The van der Waals surface area contributed by atoms with Crippen molar-refractivity contribution in [2.24, 2.45) is 17.8 Å². The van der Waals surface area contributed by atoms with Crippen molar-refractivity contribution in [2.45, 2.75) is 76.1 Å². The van der Waals surface area contributed by atoms with Crippen molar-refractivity contribution in [3.63, 3.8) is 0 Å². The van der Waals surface area contributed by atoms with Gasteiger partial charge in [0, 0.05) is 38.4 Å². The van der Waals surface area contributed by atoms with E-state index in [4.69, 9.17) is 0 Å². The van der Waals surface area contributed by atoms with Crippen molar-refractivity contribution in [2.75, 3.05) is 32.7 Å². The van der Waals surface area contributed by atoms with E-state index < -0.39 is 36.5 Å². The van der Waals surface area contributed by atoms with Crippen LogP contribution in [-0.2, 0) is 11.2 Å². The number of carboxylic acids is 1. The summed E-state index contributed by atoms with van der Waals surface area (Å²) in [5.41, 5.74) is 2.68. The number of benzene rings is 2. The SMILES string of the molecule is Cc1cccc([C@H]2CN([C@H](CC3CC3)C(=O)O)C[C@@H]2CN2CCC(CC(F)(F)Cc3ccc(OC(F)(F)F)cc3)CC2)c1. The molecule has 2 aromatic carbocycles. The van der Waals surface area contributed by atoms with Crippen molar-refractivity contribution in [3.05, 3.63) is 65.2 Å². The van der Waals surface area contributed by atoms with Crippen LogP contribution in [0.4, 0.5) is 22.0 Å². The van der Waals surface area contributed by atoms with Crippen molar-refractivity contribution in [3.8, 4) is 5.75 Å². The number of piperidine rings is 1. The molecule has 236 valence electrons. The highest BCUT2D eigenvalue weighted by atomic mass is 19.4. The maximum atomic E-state index is 15.0. The zero-order valence-corrected chi connectivity index (χ0v) is 24.5. The molecule has 5 nitrogen and oxygen atoms in total. The molecule has 43 heavy (non-hydrogen) atoms. The zero-order chi connectivity index (χ0) is 30.8. The Morgan fingerprint density at radius 1 is 0.977 bits per heavy atom. The highest BCUT2D eigenvalue weighted by molar-refractivity contribution is 5.73. The van der Waals surface area contributed by atoms with Crippen LogP contribution in [0.3, 0.4) is 0 Å². The van der Waals surface area contributed by atoms with Gasteiger partial charge in [-0.3, -0.25) is 9.69 Å². The molecular formula is C33H41F5N2O3. The first kappa shape index (κ1) is 31.7. The molecule has 1 saturated carbocycles. The van der Waals surface area contributed by atoms with Gasteiger partial charge in [-0.05, 0) is 80.3 Å². The number of carboxylic acid groups (broad SMARTS) is 1. The van der Waals surface area contributed by atoms with E-state index >= 15 is 0 Å². The van der Waals surface area contributed by atoms with E-state index in [0.29, 0.717) is 51.4 Å². The molecule has 3 fully saturated rings. The quantitative estimate of drug-likeness (QED) is 0.260. The molecule has 0 amide bonds. The number of hydrogen-bond donors (Lipinski definition) is 1. The Labute approximate surface area is 250 Å². The summed E-state index contributed by atoms with van der Waals surface area (Å²) >= 11 is 0. The Hall–Kier alpha value is -2.72. The molecule has 0 radical (unpaired) electrons. The number of likely N-dealkylation sites (tertiary alicyclic amines) is 2. The number of carbonyl (C=O) groups is 1. The van der Waals surface area contributed by atoms with Crippen LogP contribution < -0.4 is 4.74 Å². The number of hydrogen-bond acceptors (Lipinski definition) is 4. The number of ether oxygens (including phenoxy) is 1. The predicted octanol–water partition coefficient (Wildman–Crippen LogP) is 7.14. The third kappa shape index (κ3) is 9.14. The fraction of sp³-hybridized carbons (Fsp3) is 0.606. The van der Waals surface area contributed by atoms with E-state index in [0.717, 1.165) is 31.5 Å². The highest BCUT2D eigenvalue weighted by Gasteiger charge is 2.42. The maximum Gasteiger partial charge on any atom is 0.573 e. The molecule has 2 saturated heterocycles. The molecule has 1 aliphatic carbocycles. The second-order valence-corrected chi connectivity index (χ2v) is 12.9. The summed E-state index contributed by atoms with van der Waals surface area (Å²) in [5, 5.41) is 10.0. The van der Waals surface area contributed by atoms with E-state index in [1.54, 1.807) is 0 Å². The molecule has 5 rings (SSSR count). The lowest BCUT2D eigenvalue weighted by Crippen LogP contribution is -2.42. The van der Waals surface area contributed by atoms with Gasteiger partial charge < -0.3 is 14.7 Å². The number of rotatable bonds is 12. The smallest absolute Gasteiger partial charge is 0.480 e. The summed E-state index contributed by atoms with van der Waals surface area (Å²) in [4.78, 5) is 16.7. The summed E-state index contributed by atoms with van der Waals surface area (Å²) in [6.45, 7) is 5.73.